The van der Waals surface area contributed by atoms with E-state index in [9.17, 15) is 18.0 Å². The van der Waals surface area contributed by atoms with Crippen molar-refractivity contribution in [3.63, 3.8) is 0 Å². The number of hydrogen-bond acceptors (Lipinski definition) is 5. The third-order valence-electron chi connectivity index (χ3n) is 4.95. The van der Waals surface area contributed by atoms with Crippen LogP contribution in [0.5, 0.6) is 5.75 Å². The first-order chi connectivity index (χ1) is 16.4. The van der Waals surface area contributed by atoms with Crippen molar-refractivity contribution in [3.05, 3.63) is 84.4 Å². The zero-order valence-electron chi connectivity index (χ0n) is 19.0. The van der Waals surface area contributed by atoms with Crippen LogP contribution >= 0.6 is 0 Å². The fraction of sp³-hybridized carbons (Fsp3) is 0.200. The summed E-state index contributed by atoms with van der Waals surface area (Å²) in [4.78, 5) is 25.6. The highest BCUT2D eigenvalue weighted by Gasteiger charge is 2.29. The standard InChI is InChI=1S/C25H27N3O5S/c1-3-17-26-25(30)20-13-7-8-14-21(20)27-24(29)18-28(22-15-9-10-16-23(22)33-2)34(31,32)19-11-5-4-6-12-19/h4-16H,3,17-18H2,1-2H3,(H,26,30)(H,27,29). The summed E-state index contributed by atoms with van der Waals surface area (Å²) >= 11 is 0. The van der Waals surface area contributed by atoms with Crippen molar-refractivity contribution in [3.8, 4) is 5.75 Å². The van der Waals surface area contributed by atoms with Crippen molar-refractivity contribution in [2.45, 2.75) is 18.2 Å². The van der Waals surface area contributed by atoms with Gasteiger partial charge < -0.3 is 15.4 Å². The van der Waals surface area contributed by atoms with Crippen LogP contribution in [0.1, 0.15) is 23.7 Å². The van der Waals surface area contributed by atoms with E-state index >= 15 is 0 Å². The monoisotopic (exact) mass is 481 g/mol. The molecule has 0 radical (unpaired) electrons. The number of methoxy groups -OCH3 is 1. The van der Waals surface area contributed by atoms with Crippen LogP contribution in [-0.2, 0) is 14.8 Å². The topological polar surface area (TPSA) is 105 Å². The number of para-hydroxylation sites is 3. The van der Waals surface area contributed by atoms with Gasteiger partial charge in [-0.25, -0.2) is 8.42 Å². The molecule has 2 N–H and O–H groups in total. The SMILES string of the molecule is CCCNC(=O)c1ccccc1NC(=O)CN(c1ccccc1OC)S(=O)(=O)c1ccccc1. The Balaban J connectivity index is 1.94. The maximum Gasteiger partial charge on any atom is 0.264 e. The van der Waals surface area contributed by atoms with E-state index in [0.29, 0.717) is 17.9 Å². The normalized spacial score (nSPS) is 10.9. The van der Waals surface area contributed by atoms with E-state index in [1.165, 1.54) is 19.2 Å². The summed E-state index contributed by atoms with van der Waals surface area (Å²) in [5, 5.41) is 5.46. The summed E-state index contributed by atoms with van der Waals surface area (Å²) < 4.78 is 33.4. The molecule has 3 aromatic carbocycles. The Hall–Kier alpha value is -3.85. The highest BCUT2D eigenvalue weighted by Crippen LogP contribution is 2.32. The van der Waals surface area contributed by atoms with Crippen LogP contribution in [0.15, 0.2) is 83.8 Å². The van der Waals surface area contributed by atoms with E-state index in [1.807, 2.05) is 6.92 Å². The Kier molecular flexibility index (Phi) is 8.26. The molecule has 0 heterocycles. The summed E-state index contributed by atoms with van der Waals surface area (Å²) in [6.07, 6.45) is 0.769. The molecule has 0 spiro atoms. The Morgan fingerprint density at radius 1 is 0.912 bits per heavy atom. The van der Waals surface area contributed by atoms with Crippen LogP contribution in [0.25, 0.3) is 0 Å². The molecule has 0 saturated heterocycles. The number of anilines is 2. The highest BCUT2D eigenvalue weighted by atomic mass is 32.2. The Morgan fingerprint density at radius 3 is 2.26 bits per heavy atom. The van der Waals surface area contributed by atoms with Crippen molar-refractivity contribution in [2.24, 2.45) is 0 Å². The fourth-order valence-corrected chi connectivity index (χ4v) is 4.75. The number of carbonyl (C=O) groups is 2. The third kappa shape index (κ3) is 5.74. The number of rotatable bonds is 10. The molecule has 0 unspecified atom stereocenters. The molecular weight excluding hydrogens is 454 g/mol. The van der Waals surface area contributed by atoms with Gasteiger partial charge >= 0.3 is 0 Å². The van der Waals surface area contributed by atoms with Gasteiger partial charge in [-0.1, -0.05) is 49.4 Å². The van der Waals surface area contributed by atoms with E-state index in [2.05, 4.69) is 10.6 Å². The Labute approximate surface area is 199 Å². The van der Waals surface area contributed by atoms with Crippen molar-refractivity contribution in [1.29, 1.82) is 0 Å². The van der Waals surface area contributed by atoms with Crippen molar-refractivity contribution >= 4 is 33.2 Å². The van der Waals surface area contributed by atoms with Gasteiger partial charge in [0.25, 0.3) is 15.9 Å². The predicted octanol–water partition coefficient (Wildman–Crippen LogP) is 3.67. The molecule has 0 fully saturated rings. The van der Waals surface area contributed by atoms with Gasteiger partial charge in [0.1, 0.15) is 12.3 Å². The second kappa shape index (κ2) is 11.3. The summed E-state index contributed by atoms with van der Waals surface area (Å²) in [7, 11) is -2.67. The minimum Gasteiger partial charge on any atom is -0.495 e. The summed E-state index contributed by atoms with van der Waals surface area (Å²) in [5.74, 6) is -0.633. The first-order valence-corrected chi connectivity index (χ1v) is 12.2. The summed E-state index contributed by atoms with van der Waals surface area (Å²) in [6.45, 7) is 1.91. The lowest BCUT2D eigenvalue weighted by atomic mass is 10.1. The first kappa shape index (κ1) is 24.8. The van der Waals surface area contributed by atoms with Gasteiger partial charge in [-0.2, -0.15) is 0 Å². The van der Waals surface area contributed by atoms with E-state index in [1.54, 1.807) is 66.7 Å². The molecule has 9 heteroatoms. The van der Waals surface area contributed by atoms with Crippen LogP contribution in [0, 0.1) is 0 Å². The Bertz CT molecular complexity index is 1250. The molecule has 0 bridgehead atoms. The molecule has 0 aliphatic rings. The average Bonchev–Trinajstić information content (AvgIpc) is 2.86. The molecule has 0 aliphatic heterocycles. The lowest BCUT2D eigenvalue weighted by Gasteiger charge is -2.25. The largest absolute Gasteiger partial charge is 0.495 e. The van der Waals surface area contributed by atoms with Gasteiger partial charge in [-0.05, 0) is 42.8 Å². The number of sulfonamides is 1. The molecule has 0 saturated carbocycles. The second-order valence-electron chi connectivity index (χ2n) is 7.35. The molecular formula is C25H27N3O5S. The van der Waals surface area contributed by atoms with Gasteiger partial charge in [0.2, 0.25) is 5.91 Å². The average molecular weight is 482 g/mol. The molecule has 3 aromatic rings. The van der Waals surface area contributed by atoms with Crippen LogP contribution in [-0.4, -0.2) is 40.4 Å². The minimum absolute atomic E-state index is 0.0352. The third-order valence-corrected chi connectivity index (χ3v) is 6.73. The number of ether oxygens (including phenoxy) is 1. The highest BCUT2D eigenvalue weighted by molar-refractivity contribution is 7.92. The first-order valence-electron chi connectivity index (χ1n) is 10.8. The van der Waals surface area contributed by atoms with Crippen LogP contribution in [0.2, 0.25) is 0 Å². The number of hydrogen-bond donors (Lipinski definition) is 2. The van der Waals surface area contributed by atoms with E-state index in [-0.39, 0.29) is 22.2 Å². The minimum atomic E-state index is -4.10. The number of benzene rings is 3. The van der Waals surface area contributed by atoms with E-state index < -0.39 is 22.5 Å². The second-order valence-corrected chi connectivity index (χ2v) is 9.21. The molecule has 2 amide bonds. The molecule has 3 rings (SSSR count). The zero-order chi connectivity index (χ0) is 24.6. The molecule has 0 aromatic heterocycles. The van der Waals surface area contributed by atoms with Crippen LogP contribution < -0.4 is 19.7 Å². The Morgan fingerprint density at radius 2 is 1.56 bits per heavy atom. The number of amides is 2. The molecule has 8 nitrogen and oxygen atoms in total. The van der Waals surface area contributed by atoms with E-state index in [0.717, 1.165) is 10.7 Å². The van der Waals surface area contributed by atoms with E-state index in [4.69, 9.17) is 4.74 Å². The lowest BCUT2D eigenvalue weighted by Crippen LogP contribution is -2.38. The molecule has 34 heavy (non-hydrogen) atoms. The number of nitrogens with one attached hydrogen (secondary N) is 2. The van der Waals surface area contributed by atoms with Gasteiger partial charge in [0.15, 0.2) is 0 Å². The van der Waals surface area contributed by atoms with Gasteiger partial charge in [0, 0.05) is 6.54 Å². The fourth-order valence-electron chi connectivity index (χ4n) is 3.30. The predicted molar refractivity (Wildman–Crippen MR) is 132 cm³/mol. The van der Waals surface area contributed by atoms with Crippen molar-refractivity contribution in [1.82, 2.24) is 5.32 Å². The van der Waals surface area contributed by atoms with Crippen molar-refractivity contribution in [2.75, 3.05) is 29.8 Å². The van der Waals surface area contributed by atoms with Gasteiger partial charge in [-0.3, -0.25) is 13.9 Å². The van der Waals surface area contributed by atoms with Gasteiger partial charge in [0.05, 0.1) is 28.9 Å². The summed E-state index contributed by atoms with van der Waals surface area (Å²) in [6, 6.07) is 21.0. The maximum atomic E-state index is 13.5. The van der Waals surface area contributed by atoms with Gasteiger partial charge in [-0.15, -0.1) is 0 Å². The summed E-state index contributed by atoms with van der Waals surface area (Å²) in [5.41, 5.74) is 0.801. The quantitative estimate of drug-likeness (QED) is 0.460. The maximum absolute atomic E-state index is 13.5. The molecule has 178 valence electrons. The van der Waals surface area contributed by atoms with Crippen LogP contribution in [0.4, 0.5) is 11.4 Å². The van der Waals surface area contributed by atoms with Crippen LogP contribution in [0.3, 0.4) is 0 Å². The number of carbonyl (C=O) groups excluding carboxylic acids is 2. The van der Waals surface area contributed by atoms with Crippen molar-refractivity contribution < 1.29 is 22.7 Å². The molecule has 0 atom stereocenters. The zero-order valence-corrected chi connectivity index (χ0v) is 19.8. The smallest absolute Gasteiger partial charge is 0.264 e. The lowest BCUT2D eigenvalue weighted by molar-refractivity contribution is -0.114. The molecule has 0 aliphatic carbocycles. The number of nitrogens with zero attached hydrogens (tertiary/aromatic N) is 1.